The van der Waals surface area contributed by atoms with Crippen LogP contribution in [0.1, 0.15) is 77.2 Å². The van der Waals surface area contributed by atoms with Crippen LogP contribution in [-0.4, -0.2) is 18.0 Å². The molecule has 0 N–H and O–H groups in total. The number of hydrogen-bond donors (Lipinski definition) is 0. The molecule has 1 aromatic rings. The SMILES string of the molecule is CC.CC.CC.CCCC#Cc1cc(C(=O)OC)cc([N+](=O)[O-])c1. The highest BCUT2D eigenvalue weighted by molar-refractivity contribution is 5.90. The van der Waals surface area contributed by atoms with E-state index in [0.717, 1.165) is 6.42 Å². The summed E-state index contributed by atoms with van der Waals surface area (Å²) in [5.74, 6) is 5.06. The van der Waals surface area contributed by atoms with E-state index in [1.54, 1.807) is 0 Å². The van der Waals surface area contributed by atoms with Gasteiger partial charge in [0.05, 0.1) is 17.6 Å². The van der Waals surface area contributed by atoms with E-state index < -0.39 is 10.9 Å². The van der Waals surface area contributed by atoms with Crippen molar-refractivity contribution < 1.29 is 14.5 Å². The lowest BCUT2D eigenvalue weighted by molar-refractivity contribution is -0.384. The van der Waals surface area contributed by atoms with Crippen LogP contribution in [0.2, 0.25) is 0 Å². The van der Waals surface area contributed by atoms with Crippen LogP contribution in [0.5, 0.6) is 0 Å². The molecule has 0 spiro atoms. The van der Waals surface area contributed by atoms with E-state index in [2.05, 4.69) is 16.6 Å². The van der Waals surface area contributed by atoms with E-state index in [9.17, 15) is 14.9 Å². The first-order valence-corrected chi connectivity index (χ1v) is 8.45. The molecule has 5 nitrogen and oxygen atoms in total. The zero-order valence-corrected chi connectivity index (χ0v) is 16.2. The van der Waals surface area contributed by atoms with E-state index >= 15 is 0 Å². The lowest BCUT2D eigenvalue weighted by Gasteiger charge is -2.00. The van der Waals surface area contributed by atoms with Gasteiger partial charge in [0.2, 0.25) is 0 Å². The maximum atomic E-state index is 11.4. The predicted molar refractivity (Wildman–Crippen MR) is 100 cm³/mol. The Hall–Kier alpha value is -2.35. The van der Waals surface area contributed by atoms with E-state index in [1.165, 1.54) is 25.3 Å². The quantitative estimate of drug-likeness (QED) is 0.311. The van der Waals surface area contributed by atoms with Crippen molar-refractivity contribution in [1.82, 2.24) is 0 Å². The molecule has 136 valence electrons. The fraction of sp³-hybridized carbons (Fsp3) is 0.526. The third kappa shape index (κ3) is 11.2. The summed E-state index contributed by atoms with van der Waals surface area (Å²) in [6.45, 7) is 14.0. The van der Waals surface area contributed by atoms with Gasteiger partial charge in [-0.05, 0) is 12.5 Å². The van der Waals surface area contributed by atoms with Crippen molar-refractivity contribution in [2.75, 3.05) is 7.11 Å². The molecule has 0 saturated carbocycles. The molecule has 0 aliphatic heterocycles. The Kier molecular flexibility index (Phi) is 20.7. The number of unbranched alkanes of at least 4 members (excludes halogenated alkanes) is 1. The molecule has 0 amide bonds. The number of nitro benzene ring substituents is 1. The van der Waals surface area contributed by atoms with Crippen LogP contribution in [0.4, 0.5) is 5.69 Å². The first kappa shape index (κ1) is 26.5. The maximum absolute atomic E-state index is 11.4. The Morgan fingerprint density at radius 3 is 2.08 bits per heavy atom. The Morgan fingerprint density at radius 2 is 1.67 bits per heavy atom. The van der Waals surface area contributed by atoms with Gasteiger partial charge in [-0.3, -0.25) is 10.1 Å². The van der Waals surface area contributed by atoms with Gasteiger partial charge in [0, 0.05) is 24.1 Å². The topological polar surface area (TPSA) is 69.4 Å². The minimum absolute atomic E-state index is 0.132. The number of esters is 1. The van der Waals surface area contributed by atoms with Crippen molar-refractivity contribution in [2.24, 2.45) is 0 Å². The minimum Gasteiger partial charge on any atom is -0.465 e. The molecule has 0 aliphatic carbocycles. The van der Waals surface area contributed by atoms with Gasteiger partial charge in [-0.15, -0.1) is 0 Å². The van der Waals surface area contributed by atoms with E-state index in [-0.39, 0.29) is 11.3 Å². The Balaban J connectivity index is -0.000000659. The van der Waals surface area contributed by atoms with Crippen molar-refractivity contribution >= 4 is 11.7 Å². The van der Waals surface area contributed by atoms with Gasteiger partial charge in [-0.1, -0.05) is 60.3 Å². The number of methoxy groups -OCH3 is 1. The number of non-ortho nitro benzene ring substituents is 1. The molecular weight excluding hydrogens is 306 g/mol. The molecule has 1 aromatic carbocycles. The fourth-order valence-corrected chi connectivity index (χ4v) is 1.31. The monoisotopic (exact) mass is 337 g/mol. The summed E-state index contributed by atoms with van der Waals surface area (Å²) >= 11 is 0. The molecule has 0 radical (unpaired) electrons. The van der Waals surface area contributed by atoms with E-state index in [1.807, 2.05) is 48.5 Å². The number of nitro groups is 1. The van der Waals surface area contributed by atoms with Gasteiger partial charge in [0.1, 0.15) is 0 Å². The Morgan fingerprint density at radius 1 is 1.12 bits per heavy atom. The number of benzene rings is 1. The first-order valence-electron chi connectivity index (χ1n) is 8.45. The zero-order valence-electron chi connectivity index (χ0n) is 16.2. The van der Waals surface area contributed by atoms with Gasteiger partial charge in [-0.2, -0.15) is 0 Å². The molecule has 0 atom stereocenters. The second-order valence-electron chi connectivity index (χ2n) is 3.57. The first-order chi connectivity index (χ1) is 11.6. The van der Waals surface area contributed by atoms with Crippen LogP contribution in [0.15, 0.2) is 18.2 Å². The number of nitrogens with zero attached hydrogens (tertiary/aromatic N) is 1. The van der Waals surface area contributed by atoms with E-state index in [0.29, 0.717) is 12.0 Å². The van der Waals surface area contributed by atoms with Crippen LogP contribution in [-0.2, 0) is 4.74 Å². The normalized spacial score (nSPS) is 7.67. The van der Waals surface area contributed by atoms with Crippen LogP contribution < -0.4 is 0 Å². The molecule has 0 saturated heterocycles. The number of hydrogen-bond acceptors (Lipinski definition) is 4. The molecule has 0 fully saturated rings. The Bertz CT molecular complexity index is 528. The van der Waals surface area contributed by atoms with Gasteiger partial charge >= 0.3 is 5.97 Å². The smallest absolute Gasteiger partial charge is 0.338 e. The summed E-state index contributed by atoms with van der Waals surface area (Å²) < 4.78 is 4.54. The average molecular weight is 337 g/mol. The lowest BCUT2D eigenvalue weighted by atomic mass is 10.1. The van der Waals surface area contributed by atoms with Crippen LogP contribution in [0.3, 0.4) is 0 Å². The molecule has 1 rings (SSSR count). The minimum atomic E-state index is -0.614. The number of rotatable bonds is 3. The number of ether oxygens (including phenoxy) is 1. The second kappa shape index (κ2) is 18.7. The lowest BCUT2D eigenvalue weighted by Crippen LogP contribution is -2.03. The summed E-state index contributed by atoms with van der Waals surface area (Å²) in [6, 6.07) is 4.01. The molecule has 0 bridgehead atoms. The third-order valence-electron chi connectivity index (χ3n) is 2.16. The number of carbonyl (C=O) groups is 1. The van der Waals surface area contributed by atoms with Gasteiger partial charge in [-0.25, -0.2) is 4.79 Å². The van der Waals surface area contributed by atoms with E-state index in [4.69, 9.17) is 0 Å². The van der Waals surface area contributed by atoms with Crippen molar-refractivity contribution in [3.63, 3.8) is 0 Å². The Labute approximate surface area is 146 Å². The predicted octanol–water partition coefficient (Wildman–Crippen LogP) is 5.61. The molecule has 0 aliphatic rings. The highest BCUT2D eigenvalue weighted by Crippen LogP contribution is 2.17. The molecule has 0 heterocycles. The average Bonchev–Trinajstić information content (AvgIpc) is 2.66. The van der Waals surface area contributed by atoms with Crippen molar-refractivity contribution in [1.29, 1.82) is 0 Å². The molecule has 0 unspecified atom stereocenters. The summed E-state index contributed by atoms with van der Waals surface area (Å²) in [5.41, 5.74) is 0.407. The third-order valence-corrected chi connectivity index (χ3v) is 2.16. The van der Waals surface area contributed by atoms with Crippen LogP contribution in [0.25, 0.3) is 0 Å². The largest absolute Gasteiger partial charge is 0.465 e. The highest BCUT2D eigenvalue weighted by Gasteiger charge is 2.14. The van der Waals surface area contributed by atoms with Gasteiger partial charge < -0.3 is 4.74 Å². The molecular formula is C19H31NO4. The zero-order chi connectivity index (χ0) is 19.5. The van der Waals surface area contributed by atoms with Gasteiger partial charge in [0.25, 0.3) is 5.69 Å². The molecule has 5 heteroatoms. The maximum Gasteiger partial charge on any atom is 0.338 e. The summed E-state index contributed by atoms with van der Waals surface area (Å²) in [7, 11) is 1.23. The fourth-order valence-electron chi connectivity index (χ4n) is 1.31. The van der Waals surface area contributed by atoms with Crippen molar-refractivity contribution in [2.45, 2.75) is 61.3 Å². The summed E-state index contributed by atoms with van der Waals surface area (Å²) in [6.07, 6.45) is 1.61. The summed E-state index contributed by atoms with van der Waals surface area (Å²) in [5, 5.41) is 10.8. The second-order valence-corrected chi connectivity index (χ2v) is 3.57. The number of carbonyl (C=O) groups excluding carboxylic acids is 1. The summed E-state index contributed by atoms with van der Waals surface area (Å²) in [4.78, 5) is 21.6. The standard InChI is InChI=1S/C13H13NO4.3C2H6/c1-3-4-5-6-10-7-11(13(15)18-2)9-12(8-10)14(16)17;3*1-2/h7-9H,3-4H2,1-2H3;3*1-2H3. The van der Waals surface area contributed by atoms with Gasteiger partial charge in [0.15, 0.2) is 0 Å². The molecule has 0 aromatic heterocycles. The van der Waals surface area contributed by atoms with Crippen LogP contribution in [0, 0.1) is 22.0 Å². The van der Waals surface area contributed by atoms with Crippen molar-refractivity contribution in [3.8, 4) is 11.8 Å². The van der Waals surface area contributed by atoms with Crippen molar-refractivity contribution in [3.05, 3.63) is 39.4 Å². The highest BCUT2D eigenvalue weighted by atomic mass is 16.6. The van der Waals surface area contributed by atoms with Crippen LogP contribution >= 0.6 is 0 Å². The molecule has 24 heavy (non-hydrogen) atoms.